The largest absolute Gasteiger partial charge is 0.395 e. The number of aromatic amines is 1. The molecule has 1 aromatic rings. The van der Waals surface area contributed by atoms with Crippen LogP contribution in [0.25, 0.3) is 0 Å². The van der Waals surface area contributed by atoms with Crippen LogP contribution in [0.5, 0.6) is 0 Å². The van der Waals surface area contributed by atoms with Crippen molar-refractivity contribution in [3.63, 3.8) is 0 Å². The van der Waals surface area contributed by atoms with E-state index < -0.39 is 0 Å². The lowest BCUT2D eigenvalue weighted by atomic mass is 10.2. The summed E-state index contributed by atoms with van der Waals surface area (Å²) in [5, 5.41) is 8.96. The molecular formula is C11H17NO2S. The first kappa shape index (κ1) is 12.3. The maximum atomic E-state index is 11.8. The van der Waals surface area contributed by atoms with Crippen LogP contribution in [0.3, 0.4) is 0 Å². The topological polar surface area (TPSA) is 53.1 Å². The van der Waals surface area contributed by atoms with E-state index in [-0.39, 0.29) is 17.6 Å². The molecule has 1 heterocycles. The first-order valence-corrected chi connectivity index (χ1v) is 6.01. The lowest BCUT2D eigenvalue weighted by Crippen LogP contribution is -2.09. The van der Waals surface area contributed by atoms with Crippen molar-refractivity contribution in [1.82, 2.24) is 4.98 Å². The fraction of sp³-hybridized carbons (Fsp3) is 0.545. The van der Waals surface area contributed by atoms with Gasteiger partial charge in [-0.1, -0.05) is 6.92 Å². The van der Waals surface area contributed by atoms with E-state index in [4.69, 9.17) is 5.11 Å². The standard InChI is InChI=1S/C11H17NO2S/c1-7-4-10(9(3)12-7)11(14)6-15-8(2)5-13/h4,8,12-13H,5-6H2,1-3H3. The maximum absolute atomic E-state index is 11.8. The van der Waals surface area contributed by atoms with Crippen LogP contribution < -0.4 is 0 Å². The minimum atomic E-state index is 0.114. The summed E-state index contributed by atoms with van der Waals surface area (Å²) in [7, 11) is 0. The molecule has 1 rings (SSSR count). The van der Waals surface area contributed by atoms with Gasteiger partial charge in [0.05, 0.1) is 12.4 Å². The molecule has 0 bridgehead atoms. The highest BCUT2D eigenvalue weighted by molar-refractivity contribution is 8.00. The predicted octanol–water partition coefficient (Wildman–Crippen LogP) is 1.93. The molecular weight excluding hydrogens is 210 g/mol. The maximum Gasteiger partial charge on any atom is 0.174 e. The molecule has 1 unspecified atom stereocenters. The summed E-state index contributed by atoms with van der Waals surface area (Å²) in [6.07, 6.45) is 0. The van der Waals surface area contributed by atoms with E-state index in [1.807, 2.05) is 26.8 Å². The van der Waals surface area contributed by atoms with Gasteiger partial charge in [0.2, 0.25) is 0 Å². The second-order valence-electron chi connectivity index (χ2n) is 3.72. The van der Waals surface area contributed by atoms with E-state index >= 15 is 0 Å². The first-order valence-electron chi connectivity index (χ1n) is 4.96. The van der Waals surface area contributed by atoms with E-state index in [1.54, 1.807) is 0 Å². The van der Waals surface area contributed by atoms with Crippen molar-refractivity contribution in [2.45, 2.75) is 26.0 Å². The van der Waals surface area contributed by atoms with Crippen LogP contribution >= 0.6 is 11.8 Å². The second-order valence-corrected chi connectivity index (χ2v) is 5.15. The van der Waals surface area contributed by atoms with E-state index in [9.17, 15) is 4.79 Å². The Morgan fingerprint density at radius 3 is 2.73 bits per heavy atom. The van der Waals surface area contributed by atoms with E-state index in [0.29, 0.717) is 5.75 Å². The van der Waals surface area contributed by atoms with Gasteiger partial charge in [0.15, 0.2) is 5.78 Å². The molecule has 0 aromatic carbocycles. The number of carbonyl (C=O) groups is 1. The predicted molar refractivity (Wildman–Crippen MR) is 63.6 cm³/mol. The highest BCUT2D eigenvalue weighted by Crippen LogP contribution is 2.15. The molecule has 2 N–H and O–H groups in total. The van der Waals surface area contributed by atoms with E-state index in [0.717, 1.165) is 17.0 Å². The van der Waals surface area contributed by atoms with Crippen molar-refractivity contribution >= 4 is 17.5 Å². The summed E-state index contributed by atoms with van der Waals surface area (Å²) in [6, 6.07) is 1.88. The molecule has 0 aliphatic carbocycles. The number of carbonyl (C=O) groups excluding carboxylic acids is 1. The second kappa shape index (κ2) is 5.37. The van der Waals surface area contributed by atoms with Gasteiger partial charge >= 0.3 is 0 Å². The van der Waals surface area contributed by atoms with E-state index in [2.05, 4.69) is 4.98 Å². The van der Waals surface area contributed by atoms with Crippen LogP contribution in [0.1, 0.15) is 28.7 Å². The molecule has 15 heavy (non-hydrogen) atoms. The molecule has 0 aliphatic rings. The molecule has 0 amide bonds. The Bertz CT molecular complexity index is 346. The normalized spacial score (nSPS) is 12.8. The SMILES string of the molecule is Cc1cc(C(=O)CSC(C)CO)c(C)[nH]1. The molecule has 0 saturated heterocycles. The number of ketones is 1. The molecule has 4 heteroatoms. The van der Waals surface area contributed by atoms with Crippen molar-refractivity contribution in [2.24, 2.45) is 0 Å². The van der Waals surface area contributed by atoms with Crippen molar-refractivity contribution in [3.8, 4) is 0 Å². The summed E-state index contributed by atoms with van der Waals surface area (Å²) in [5.74, 6) is 0.557. The molecule has 3 nitrogen and oxygen atoms in total. The van der Waals surface area contributed by atoms with Crippen molar-refractivity contribution < 1.29 is 9.90 Å². The minimum absolute atomic E-state index is 0.114. The van der Waals surface area contributed by atoms with Crippen LogP contribution in [-0.4, -0.2) is 33.5 Å². The summed E-state index contributed by atoms with van der Waals surface area (Å²) >= 11 is 1.48. The van der Waals surface area contributed by atoms with Crippen molar-refractivity contribution in [3.05, 3.63) is 23.0 Å². The van der Waals surface area contributed by atoms with Crippen LogP contribution in [0.2, 0.25) is 0 Å². The van der Waals surface area contributed by atoms with Gasteiger partial charge in [-0.3, -0.25) is 4.79 Å². The number of aromatic nitrogens is 1. The van der Waals surface area contributed by atoms with Crippen molar-refractivity contribution in [1.29, 1.82) is 0 Å². The Labute approximate surface area is 94.3 Å². The Kier molecular flexibility index (Phi) is 4.42. The number of aliphatic hydroxyl groups is 1. The van der Waals surface area contributed by atoms with Gasteiger partial charge in [0.1, 0.15) is 0 Å². The first-order chi connectivity index (χ1) is 7.04. The average Bonchev–Trinajstić information content (AvgIpc) is 2.53. The minimum Gasteiger partial charge on any atom is -0.395 e. The van der Waals surface area contributed by atoms with Crippen LogP contribution in [0.4, 0.5) is 0 Å². The number of H-pyrrole nitrogens is 1. The number of aryl methyl sites for hydroxylation is 2. The number of hydrogen-bond acceptors (Lipinski definition) is 3. The summed E-state index contributed by atoms with van der Waals surface area (Å²) in [6.45, 7) is 5.86. The molecule has 0 saturated carbocycles. The van der Waals surface area contributed by atoms with Crippen LogP contribution in [0.15, 0.2) is 6.07 Å². The molecule has 0 aliphatic heterocycles. The lowest BCUT2D eigenvalue weighted by Gasteiger charge is -2.06. The highest BCUT2D eigenvalue weighted by atomic mass is 32.2. The Morgan fingerprint density at radius 2 is 2.27 bits per heavy atom. The Hall–Kier alpha value is -0.740. The van der Waals surface area contributed by atoms with Crippen LogP contribution in [-0.2, 0) is 0 Å². The Morgan fingerprint density at radius 1 is 1.60 bits per heavy atom. The zero-order valence-corrected chi connectivity index (χ0v) is 10.1. The van der Waals surface area contributed by atoms with Gasteiger partial charge in [-0.2, -0.15) is 0 Å². The number of Topliss-reactive ketones (excluding diaryl/α,β-unsaturated/α-hetero) is 1. The number of nitrogens with one attached hydrogen (secondary N) is 1. The fourth-order valence-electron chi connectivity index (χ4n) is 1.36. The van der Waals surface area contributed by atoms with Crippen molar-refractivity contribution in [2.75, 3.05) is 12.4 Å². The summed E-state index contributed by atoms with van der Waals surface area (Å²) in [5.41, 5.74) is 2.70. The third kappa shape index (κ3) is 3.39. The molecule has 0 radical (unpaired) electrons. The lowest BCUT2D eigenvalue weighted by molar-refractivity contribution is 0.102. The van der Waals surface area contributed by atoms with Gasteiger partial charge < -0.3 is 10.1 Å². The van der Waals surface area contributed by atoms with E-state index in [1.165, 1.54) is 11.8 Å². The number of aliphatic hydroxyl groups excluding tert-OH is 1. The van der Waals surface area contributed by atoms with Gasteiger partial charge in [-0.25, -0.2) is 0 Å². The fourth-order valence-corrected chi connectivity index (χ4v) is 2.06. The number of thioether (sulfide) groups is 1. The third-order valence-corrected chi connectivity index (χ3v) is 3.35. The summed E-state index contributed by atoms with van der Waals surface area (Å²) < 4.78 is 0. The molecule has 0 spiro atoms. The van der Waals surface area contributed by atoms with Gasteiger partial charge in [-0.15, -0.1) is 11.8 Å². The van der Waals surface area contributed by atoms with Crippen LogP contribution in [0, 0.1) is 13.8 Å². The molecule has 1 atom stereocenters. The van der Waals surface area contributed by atoms with Gasteiger partial charge in [0.25, 0.3) is 0 Å². The molecule has 84 valence electrons. The highest BCUT2D eigenvalue weighted by Gasteiger charge is 2.12. The monoisotopic (exact) mass is 227 g/mol. The molecule has 0 fully saturated rings. The molecule has 1 aromatic heterocycles. The smallest absolute Gasteiger partial charge is 0.174 e. The zero-order chi connectivity index (χ0) is 11.4. The summed E-state index contributed by atoms with van der Waals surface area (Å²) in [4.78, 5) is 14.9. The van der Waals surface area contributed by atoms with Gasteiger partial charge in [-0.05, 0) is 19.9 Å². The third-order valence-electron chi connectivity index (χ3n) is 2.21. The zero-order valence-electron chi connectivity index (χ0n) is 9.33. The number of rotatable bonds is 5. The Balaban J connectivity index is 2.58. The quantitative estimate of drug-likeness (QED) is 0.756. The number of hydrogen-bond donors (Lipinski definition) is 2. The van der Waals surface area contributed by atoms with Gasteiger partial charge in [0, 0.05) is 22.2 Å². The average molecular weight is 227 g/mol.